The van der Waals surface area contributed by atoms with Crippen LogP contribution in [-0.2, 0) is 19.1 Å². The van der Waals surface area contributed by atoms with E-state index in [4.69, 9.17) is 27.9 Å². The third kappa shape index (κ3) is 4.59. The molecule has 1 atom stereocenters. The molecule has 3 rings (SSSR count). The van der Waals surface area contributed by atoms with Gasteiger partial charge in [0.15, 0.2) is 6.61 Å². The first-order valence-electron chi connectivity index (χ1n) is 8.21. The molecule has 1 aliphatic heterocycles. The number of esters is 1. The quantitative estimate of drug-likeness (QED) is 0.770. The summed E-state index contributed by atoms with van der Waals surface area (Å²) < 4.78 is 5.06. The molecule has 2 aromatic rings. The molecule has 0 spiro atoms. The second-order valence-corrected chi connectivity index (χ2v) is 6.81. The van der Waals surface area contributed by atoms with Gasteiger partial charge in [0.25, 0.3) is 5.91 Å². The van der Waals surface area contributed by atoms with Crippen molar-refractivity contribution in [3.63, 3.8) is 0 Å². The average Bonchev–Trinajstić information content (AvgIpc) is 3.04. The van der Waals surface area contributed by atoms with Crippen LogP contribution in [-0.4, -0.2) is 30.9 Å². The lowest BCUT2D eigenvalue weighted by molar-refractivity contribution is -0.151. The lowest BCUT2D eigenvalue weighted by Gasteiger charge is -2.17. The Kier molecular flexibility index (Phi) is 5.98. The van der Waals surface area contributed by atoms with Gasteiger partial charge in [-0.05, 0) is 24.3 Å². The van der Waals surface area contributed by atoms with Crippen molar-refractivity contribution in [3.8, 4) is 0 Å². The molecule has 0 aromatic heterocycles. The maximum atomic E-state index is 12.2. The minimum absolute atomic E-state index is 0.0101. The van der Waals surface area contributed by atoms with Gasteiger partial charge in [-0.3, -0.25) is 14.4 Å². The maximum absolute atomic E-state index is 12.2. The van der Waals surface area contributed by atoms with Crippen LogP contribution in [0.1, 0.15) is 6.42 Å². The molecule has 0 radical (unpaired) electrons. The molecule has 27 heavy (non-hydrogen) atoms. The number of hydrogen-bond acceptors (Lipinski definition) is 4. The number of para-hydroxylation sites is 2. The van der Waals surface area contributed by atoms with Gasteiger partial charge in [-0.25, -0.2) is 0 Å². The number of hydrogen-bond donors (Lipinski definition) is 1. The number of carbonyl (C=O) groups excluding carboxylic acids is 3. The zero-order chi connectivity index (χ0) is 19.4. The predicted molar refractivity (Wildman–Crippen MR) is 103 cm³/mol. The highest BCUT2D eigenvalue weighted by atomic mass is 35.5. The van der Waals surface area contributed by atoms with Crippen LogP contribution < -0.4 is 10.2 Å². The van der Waals surface area contributed by atoms with Gasteiger partial charge in [-0.2, -0.15) is 0 Å². The Bertz CT molecular complexity index is 888. The first-order chi connectivity index (χ1) is 13.0. The Morgan fingerprint density at radius 2 is 1.74 bits per heavy atom. The summed E-state index contributed by atoms with van der Waals surface area (Å²) in [4.78, 5) is 37.9. The summed E-state index contributed by atoms with van der Waals surface area (Å²) in [5.74, 6) is -1.98. The molecule has 1 fully saturated rings. The van der Waals surface area contributed by atoms with E-state index in [9.17, 15) is 14.4 Å². The Morgan fingerprint density at radius 1 is 1.07 bits per heavy atom. The van der Waals surface area contributed by atoms with E-state index < -0.39 is 24.4 Å². The van der Waals surface area contributed by atoms with Crippen molar-refractivity contribution in [1.29, 1.82) is 0 Å². The van der Waals surface area contributed by atoms with Crippen molar-refractivity contribution in [2.45, 2.75) is 6.42 Å². The molecule has 2 amide bonds. The molecule has 0 bridgehead atoms. The summed E-state index contributed by atoms with van der Waals surface area (Å²) in [6, 6.07) is 13.6. The highest BCUT2D eigenvalue weighted by Gasteiger charge is 2.37. The van der Waals surface area contributed by atoms with Gasteiger partial charge >= 0.3 is 5.97 Å². The second-order valence-electron chi connectivity index (χ2n) is 5.99. The topological polar surface area (TPSA) is 75.7 Å². The van der Waals surface area contributed by atoms with Crippen LogP contribution in [0.15, 0.2) is 48.5 Å². The number of anilines is 2. The largest absolute Gasteiger partial charge is 0.455 e. The van der Waals surface area contributed by atoms with Crippen molar-refractivity contribution < 1.29 is 19.1 Å². The lowest BCUT2D eigenvalue weighted by atomic mass is 10.1. The maximum Gasteiger partial charge on any atom is 0.311 e. The van der Waals surface area contributed by atoms with Gasteiger partial charge in [0.05, 0.1) is 27.3 Å². The molecular formula is C19H16Cl2N2O4. The number of ether oxygens (including phenoxy) is 1. The number of nitrogens with one attached hydrogen (secondary N) is 1. The van der Waals surface area contributed by atoms with E-state index in [1.165, 1.54) is 4.90 Å². The van der Waals surface area contributed by atoms with Crippen LogP contribution >= 0.6 is 23.2 Å². The van der Waals surface area contributed by atoms with Gasteiger partial charge in [-0.1, -0.05) is 47.5 Å². The van der Waals surface area contributed by atoms with Crippen LogP contribution in [0.3, 0.4) is 0 Å². The van der Waals surface area contributed by atoms with E-state index in [1.807, 2.05) is 0 Å². The normalized spacial score (nSPS) is 16.3. The Morgan fingerprint density at radius 3 is 2.44 bits per heavy atom. The van der Waals surface area contributed by atoms with Crippen LogP contribution in [0.5, 0.6) is 0 Å². The summed E-state index contributed by atoms with van der Waals surface area (Å²) in [6.45, 7) is -0.297. The molecule has 6 nitrogen and oxygen atoms in total. The van der Waals surface area contributed by atoms with Crippen molar-refractivity contribution >= 4 is 52.4 Å². The molecule has 2 aromatic carbocycles. The monoisotopic (exact) mass is 406 g/mol. The molecule has 0 unspecified atom stereocenters. The van der Waals surface area contributed by atoms with Gasteiger partial charge in [0, 0.05) is 13.0 Å². The third-order valence-corrected chi connectivity index (χ3v) is 4.74. The van der Waals surface area contributed by atoms with Crippen molar-refractivity contribution in [2.24, 2.45) is 5.92 Å². The minimum Gasteiger partial charge on any atom is -0.455 e. The van der Waals surface area contributed by atoms with E-state index in [0.717, 1.165) is 0 Å². The lowest BCUT2D eigenvalue weighted by Crippen LogP contribution is -2.28. The van der Waals surface area contributed by atoms with E-state index in [2.05, 4.69) is 5.32 Å². The first kappa shape index (κ1) is 19.2. The highest BCUT2D eigenvalue weighted by molar-refractivity contribution is 6.34. The molecule has 1 aliphatic rings. The standard InChI is InChI=1S/C19H16Cl2N2O4/c20-13-5-1-3-7-15(13)22-17(24)11-27-19(26)12-9-18(25)23(10-12)16-8-4-2-6-14(16)21/h1-8,12H,9-11H2,(H,22,24)/t12-/m1/s1. The van der Waals surface area contributed by atoms with E-state index in [1.54, 1.807) is 48.5 Å². The van der Waals surface area contributed by atoms with Crippen LogP contribution in [0.2, 0.25) is 10.0 Å². The number of rotatable bonds is 5. The zero-order valence-corrected chi connectivity index (χ0v) is 15.7. The number of benzene rings is 2. The molecule has 0 saturated carbocycles. The predicted octanol–water partition coefficient (Wildman–Crippen LogP) is 3.53. The summed E-state index contributed by atoms with van der Waals surface area (Å²) in [7, 11) is 0. The van der Waals surface area contributed by atoms with Crippen LogP contribution in [0, 0.1) is 5.92 Å². The molecule has 8 heteroatoms. The number of carbonyl (C=O) groups is 3. The minimum atomic E-state index is -0.651. The van der Waals surface area contributed by atoms with Gasteiger partial charge in [0.2, 0.25) is 5.91 Å². The summed E-state index contributed by atoms with van der Waals surface area (Å²) in [6.07, 6.45) is 0.0101. The summed E-state index contributed by atoms with van der Waals surface area (Å²) >= 11 is 12.1. The smallest absolute Gasteiger partial charge is 0.311 e. The van der Waals surface area contributed by atoms with Crippen molar-refractivity contribution in [3.05, 3.63) is 58.6 Å². The molecule has 1 heterocycles. The first-order valence-corrected chi connectivity index (χ1v) is 8.97. The number of nitrogens with zero attached hydrogens (tertiary/aromatic N) is 1. The molecular weight excluding hydrogens is 391 g/mol. The fourth-order valence-corrected chi connectivity index (χ4v) is 3.19. The summed E-state index contributed by atoms with van der Waals surface area (Å²) in [5, 5.41) is 3.38. The van der Waals surface area contributed by atoms with E-state index >= 15 is 0 Å². The van der Waals surface area contributed by atoms with E-state index in [-0.39, 0.29) is 18.9 Å². The van der Waals surface area contributed by atoms with Crippen molar-refractivity contribution in [2.75, 3.05) is 23.4 Å². The Hall–Kier alpha value is -2.57. The Balaban J connectivity index is 1.54. The fraction of sp³-hybridized carbons (Fsp3) is 0.211. The molecule has 140 valence electrons. The molecule has 1 N–H and O–H groups in total. The van der Waals surface area contributed by atoms with Crippen LogP contribution in [0.4, 0.5) is 11.4 Å². The third-order valence-electron chi connectivity index (χ3n) is 4.10. The average molecular weight is 407 g/mol. The number of amides is 2. The van der Waals surface area contributed by atoms with Gasteiger partial charge in [0.1, 0.15) is 0 Å². The molecule has 0 aliphatic carbocycles. The summed E-state index contributed by atoms with van der Waals surface area (Å²) in [5.41, 5.74) is 0.983. The van der Waals surface area contributed by atoms with Gasteiger partial charge in [-0.15, -0.1) is 0 Å². The Labute approximate surface area is 166 Å². The van der Waals surface area contributed by atoms with Gasteiger partial charge < -0.3 is 15.0 Å². The highest BCUT2D eigenvalue weighted by Crippen LogP contribution is 2.31. The number of halogens is 2. The van der Waals surface area contributed by atoms with E-state index in [0.29, 0.717) is 21.4 Å². The van der Waals surface area contributed by atoms with Crippen molar-refractivity contribution in [1.82, 2.24) is 0 Å². The molecule has 1 saturated heterocycles. The second kappa shape index (κ2) is 8.41. The fourth-order valence-electron chi connectivity index (χ4n) is 2.77. The van der Waals surface area contributed by atoms with Crippen LogP contribution in [0.25, 0.3) is 0 Å². The SMILES string of the molecule is O=C(COC(=O)[C@@H]1CC(=O)N(c2ccccc2Cl)C1)Nc1ccccc1Cl. The zero-order valence-electron chi connectivity index (χ0n) is 14.2.